The lowest BCUT2D eigenvalue weighted by Gasteiger charge is -2.23. The van der Waals surface area contributed by atoms with Crippen molar-refractivity contribution in [1.29, 1.82) is 0 Å². The van der Waals surface area contributed by atoms with E-state index in [1.54, 1.807) is 35.5 Å². The molecule has 23 heavy (non-hydrogen) atoms. The number of nitrogens with zero attached hydrogens (tertiary/aromatic N) is 2. The third-order valence-corrected chi connectivity index (χ3v) is 5.01. The quantitative estimate of drug-likeness (QED) is 0.809. The van der Waals surface area contributed by atoms with Crippen molar-refractivity contribution >= 4 is 23.2 Å². The number of hydrogen-bond acceptors (Lipinski definition) is 5. The fourth-order valence-electron chi connectivity index (χ4n) is 2.92. The zero-order chi connectivity index (χ0) is 16.4. The maximum atomic E-state index is 12.2. The van der Waals surface area contributed by atoms with Crippen LogP contribution in [0.25, 0.3) is 0 Å². The highest BCUT2D eigenvalue weighted by Crippen LogP contribution is 2.39. The fourth-order valence-corrected chi connectivity index (χ4v) is 3.88. The van der Waals surface area contributed by atoms with E-state index < -0.39 is 5.97 Å². The zero-order valence-electron chi connectivity index (χ0n) is 13.1. The Balaban J connectivity index is 1.69. The van der Waals surface area contributed by atoms with Crippen molar-refractivity contribution in [1.82, 2.24) is 9.88 Å². The number of aromatic nitrogens is 1. The number of amides is 1. The Hall–Kier alpha value is -2.21. The summed E-state index contributed by atoms with van der Waals surface area (Å²) in [5, 5.41) is 1.99. The summed E-state index contributed by atoms with van der Waals surface area (Å²) in [5.41, 5.74) is 1.35. The van der Waals surface area contributed by atoms with Crippen molar-refractivity contribution < 1.29 is 14.3 Å². The van der Waals surface area contributed by atoms with Gasteiger partial charge < -0.3 is 9.64 Å². The highest BCUT2D eigenvalue weighted by molar-refractivity contribution is 7.10. The molecule has 0 radical (unpaired) electrons. The molecule has 3 rings (SSSR count). The van der Waals surface area contributed by atoms with Crippen LogP contribution in [0.1, 0.15) is 33.3 Å². The zero-order valence-corrected chi connectivity index (χ0v) is 13.9. The molecular weight excluding hydrogens is 312 g/mol. The van der Waals surface area contributed by atoms with Crippen molar-refractivity contribution in [2.75, 3.05) is 13.7 Å². The van der Waals surface area contributed by atoms with Crippen LogP contribution in [0, 0.1) is 12.8 Å². The lowest BCUT2D eigenvalue weighted by Crippen LogP contribution is -2.25. The molecule has 0 aromatic carbocycles. The highest BCUT2D eigenvalue weighted by Gasteiger charge is 2.39. The van der Waals surface area contributed by atoms with E-state index in [1.807, 2.05) is 24.4 Å². The molecule has 5 nitrogen and oxygen atoms in total. The van der Waals surface area contributed by atoms with E-state index in [1.165, 1.54) is 6.20 Å². The van der Waals surface area contributed by atoms with Crippen molar-refractivity contribution in [3.05, 3.63) is 52.0 Å². The summed E-state index contributed by atoms with van der Waals surface area (Å²) < 4.78 is 5.44. The summed E-state index contributed by atoms with van der Waals surface area (Å²) in [5.74, 6) is -0.331. The number of ether oxygens (including phenoxy) is 1. The van der Waals surface area contributed by atoms with Crippen LogP contribution in [0.5, 0.6) is 0 Å². The predicted octanol–water partition coefficient (Wildman–Crippen LogP) is 2.83. The van der Waals surface area contributed by atoms with E-state index in [0.29, 0.717) is 12.0 Å². The van der Waals surface area contributed by atoms with E-state index in [9.17, 15) is 9.59 Å². The number of carbonyl (C=O) groups excluding carboxylic acids is 2. The maximum absolute atomic E-state index is 12.2. The van der Waals surface area contributed by atoms with Crippen molar-refractivity contribution in [3.8, 4) is 0 Å². The van der Waals surface area contributed by atoms with Gasteiger partial charge in [-0.05, 0) is 30.0 Å². The maximum Gasteiger partial charge on any atom is 0.339 e. The van der Waals surface area contributed by atoms with Crippen molar-refractivity contribution in [2.24, 2.45) is 5.92 Å². The van der Waals surface area contributed by atoms with Gasteiger partial charge in [-0.15, -0.1) is 11.3 Å². The largest absolute Gasteiger partial charge is 0.462 e. The number of rotatable bonds is 4. The highest BCUT2D eigenvalue weighted by atomic mass is 32.1. The van der Waals surface area contributed by atoms with Crippen LogP contribution in [-0.2, 0) is 9.53 Å². The summed E-state index contributed by atoms with van der Waals surface area (Å²) in [4.78, 5) is 31.1. The number of esters is 1. The fraction of sp³-hybridized carbons (Fsp3) is 0.353. The first-order valence-electron chi connectivity index (χ1n) is 7.44. The normalized spacial score (nSPS) is 20.8. The van der Waals surface area contributed by atoms with Gasteiger partial charge >= 0.3 is 5.97 Å². The van der Waals surface area contributed by atoms with Gasteiger partial charge in [0.05, 0.1) is 18.2 Å². The molecule has 2 atom stereocenters. The molecule has 0 unspecified atom stereocenters. The lowest BCUT2D eigenvalue weighted by molar-refractivity contribution is -0.127. The molecule has 0 bridgehead atoms. The van der Waals surface area contributed by atoms with Crippen LogP contribution in [0.4, 0.5) is 0 Å². The molecule has 0 aliphatic carbocycles. The molecule has 1 amide bonds. The van der Waals surface area contributed by atoms with Gasteiger partial charge in [0.2, 0.25) is 5.91 Å². The summed E-state index contributed by atoms with van der Waals surface area (Å²) in [7, 11) is 1.80. The van der Waals surface area contributed by atoms with Gasteiger partial charge in [0, 0.05) is 36.7 Å². The second-order valence-corrected chi connectivity index (χ2v) is 6.76. The van der Waals surface area contributed by atoms with Crippen molar-refractivity contribution in [3.63, 3.8) is 0 Å². The van der Waals surface area contributed by atoms with Crippen LogP contribution < -0.4 is 0 Å². The van der Waals surface area contributed by atoms with Crippen LogP contribution in [0.15, 0.2) is 36.0 Å². The molecular formula is C17H18N2O3S. The van der Waals surface area contributed by atoms with Gasteiger partial charge in [0.25, 0.3) is 0 Å². The molecule has 120 valence electrons. The van der Waals surface area contributed by atoms with Gasteiger partial charge in [0.15, 0.2) is 0 Å². The number of carbonyl (C=O) groups is 2. The average Bonchev–Trinajstić information content (AvgIpc) is 3.14. The monoisotopic (exact) mass is 330 g/mol. The minimum atomic E-state index is -0.395. The second kappa shape index (κ2) is 6.50. The number of pyridine rings is 1. The minimum absolute atomic E-state index is 0.0205. The Bertz CT molecular complexity index is 714. The average molecular weight is 330 g/mol. The van der Waals surface area contributed by atoms with E-state index in [-0.39, 0.29) is 24.5 Å². The smallest absolute Gasteiger partial charge is 0.339 e. The van der Waals surface area contributed by atoms with E-state index in [2.05, 4.69) is 4.98 Å². The standard InChI is InChI=1S/C17H18N2O3S/c1-11-6-12(9-18-8-11)17(21)22-10-13-7-15(20)19(2)16(13)14-4-3-5-23-14/h3-6,8-9,13,16H,7,10H2,1-2H3/t13-,16-/m0/s1. The Morgan fingerprint density at radius 1 is 1.48 bits per heavy atom. The van der Waals surface area contributed by atoms with Gasteiger partial charge in [-0.2, -0.15) is 0 Å². The van der Waals surface area contributed by atoms with Gasteiger partial charge in [-0.3, -0.25) is 9.78 Å². The van der Waals surface area contributed by atoms with E-state index in [0.717, 1.165) is 10.4 Å². The lowest BCUT2D eigenvalue weighted by atomic mass is 10.00. The molecule has 1 aliphatic heterocycles. The molecule has 2 aromatic heterocycles. The molecule has 3 heterocycles. The molecule has 0 saturated carbocycles. The molecule has 0 spiro atoms. The second-order valence-electron chi connectivity index (χ2n) is 5.78. The topological polar surface area (TPSA) is 59.5 Å². The Labute approximate surface area is 138 Å². The number of thiophene rings is 1. The molecule has 2 aromatic rings. The van der Waals surface area contributed by atoms with Gasteiger partial charge in [-0.25, -0.2) is 4.79 Å². The SMILES string of the molecule is Cc1cncc(C(=O)OC[C@@H]2CC(=O)N(C)[C@@H]2c2cccs2)c1. The van der Waals surface area contributed by atoms with E-state index in [4.69, 9.17) is 4.74 Å². The molecule has 1 fully saturated rings. The first-order valence-corrected chi connectivity index (χ1v) is 8.32. The third kappa shape index (κ3) is 3.27. The first-order chi connectivity index (χ1) is 11.1. The number of likely N-dealkylation sites (tertiary alicyclic amines) is 1. The number of hydrogen-bond donors (Lipinski definition) is 0. The van der Waals surface area contributed by atoms with Crippen LogP contribution >= 0.6 is 11.3 Å². The van der Waals surface area contributed by atoms with Crippen LogP contribution in [0.2, 0.25) is 0 Å². The predicted molar refractivity (Wildman–Crippen MR) is 87.2 cm³/mol. The van der Waals surface area contributed by atoms with Gasteiger partial charge in [-0.1, -0.05) is 6.07 Å². The molecule has 1 aliphatic rings. The van der Waals surface area contributed by atoms with Crippen molar-refractivity contribution in [2.45, 2.75) is 19.4 Å². The summed E-state index contributed by atoms with van der Waals surface area (Å²) in [6.45, 7) is 2.10. The number of aryl methyl sites for hydroxylation is 1. The third-order valence-electron chi connectivity index (χ3n) is 4.07. The Morgan fingerprint density at radius 3 is 3.00 bits per heavy atom. The summed E-state index contributed by atoms with van der Waals surface area (Å²) in [6, 6.07) is 5.71. The molecule has 1 saturated heterocycles. The Morgan fingerprint density at radius 2 is 2.30 bits per heavy atom. The van der Waals surface area contributed by atoms with Gasteiger partial charge in [0.1, 0.15) is 0 Å². The molecule has 0 N–H and O–H groups in total. The Kier molecular flexibility index (Phi) is 4.43. The minimum Gasteiger partial charge on any atom is -0.462 e. The first kappa shape index (κ1) is 15.7. The van der Waals surface area contributed by atoms with E-state index >= 15 is 0 Å². The van der Waals surface area contributed by atoms with Crippen LogP contribution in [0.3, 0.4) is 0 Å². The summed E-state index contributed by atoms with van der Waals surface area (Å²) in [6.07, 6.45) is 3.59. The summed E-state index contributed by atoms with van der Waals surface area (Å²) >= 11 is 1.62. The van der Waals surface area contributed by atoms with Crippen LogP contribution in [-0.4, -0.2) is 35.4 Å². The molecule has 6 heteroatoms.